The van der Waals surface area contributed by atoms with E-state index in [4.69, 9.17) is 0 Å². The van der Waals surface area contributed by atoms with Crippen molar-refractivity contribution in [3.63, 3.8) is 0 Å². The number of hydrogen-bond acceptors (Lipinski definition) is 4. The number of carbonyl (C=O) groups is 2. The van der Waals surface area contributed by atoms with Gasteiger partial charge in [-0.15, -0.1) is 0 Å². The van der Waals surface area contributed by atoms with Crippen molar-refractivity contribution in [1.82, 2.24) is 9.97 Å². The highest BCUT2D eigenvalue weighted by molar-refractivity contribution is 6.52. The second kappa shape index (κ2) is 5.21. The van der Waals surface area contributed by atoms with Crippen LogP contribution in [-0.4, -0.2) is 21.5 Å². The molecule has 23 heavy (non-hydrogen) atoms. The van der Waals surface area contributed by atoms with Crippen LogP contribution in [0.15, 0.2) is 54.6 Å². The Kier molecular flexibility index (Phi) is 3.05. The number of para-hydroxylation sites is 1. The number of fused-ring (bicyclic) bond motifs is 3. The standard InChI is InChI=1S/C18H13N3O2/c22-17-13-9-5-4-8-12(13)15-16(18(17)23)21-14(20-15)10-19-11-6-2-1-3-7-11/h1-9,19H,10H2,(H,20,21). The Bertz CT molecular complexity index is 913. The number of hydrogen-bond donors (Lipinski definition) is 2. The topological polar surface area (TPSA) is 74.8 Å². The van der Waals surface area contributed by atoms with E-state index in [1.54, 1.807) is 12.1 Å². The highest BCUT2D eigenvalue weighted by atomic mass is 16.2. The fraction of sp³-hybridized carbons (Fsp3) is 0.0556. The monoisotopic (exact) mass is 303 g/mol. The van der Waals surface area contributed by atoms with E-state index in [0.29, 0.717) is 29.2 Å². The molecule has 4 rings (SSSR count). The van der Waals surface area contributed by atoms with E-state index < -0.39 is 11.6 Å². The van der Waals surface area contributed by atoms with E-state index in [0.717, 1.165) is 5.69 Å². The van der Waals surface area contributed by atoms with E-state index in [1.807, 2.05) is 42.5 Å². The van der Waals surface area contributed by atoms with Crippen molar-refractivity contribution in [2.24, 2.45) is 0 Å². The molecule has 3 aromatic rings. The molecule has 5 heteroatoms. The molecule has 112 valence electrons. The van der Waals surface area contributed by atoms with Crippen LogP contribution in [0.25, 0.3) is 11.3 Å². The number of ketones is 2. The number of imidazole rings is 1. The molecule has 0 saturated carbocycles. The number of rotatable bonds is 3. The molecule has 1 heterocycles. The first-order valence-corrected chi connectivity index (χ1v) is 7.30. The molecule has 2 N–H and O–H groups in total. The van der Waals surface area contributed by atoms with Gasteiger partial charge in [0, 0.05) is 16.8 Å². The Balaban J connectivity index is 1.69. The van der Waals surface area contributed by atoms with Gasteiger partial charge in [0.05, 0.1) is 6.54 Å². The lowest BCUT2D eigenvalue weighted by molar-refractivity contribution is 0.0812. The molecule has 1 aliphatic rings. The Morgan fingerprint density at radius 2 is 1.57 bits per heavy atom. The highest BCUT2D eigenvalue weighted by Gasteiger charge is 2.33. The summed E-state index contributed by atoms with van der Waals surface area (Å²) in [4.78, 5) is 31.9. The highest BCUT2D eigenvalue weighted by Crippen LogP contribution is 2.31. The fourth-order valence-corrected chi connectivity index (χ4v) is 2.73. The molecule has 2 aromatic carbocycles. The largest absolute Gasteiger partial charge is 0.378 e. The first-order valence-electron chi connectivity index (χ1n) is 7.30. The summed E-state index contributed by atoms with van der Waals surface area (Å²) in [6.45, 7) is 0.445. The lowest BCUT2D eigenvalue weighted by Crippen LogP contribution is -2.21. The van der Waals surface area contributed by atoms with Crippen molar-refractivity contribution in [3.05, 3.63) is 71.7 Å². The van der Waals surface area contributed by atoms with Crippen LogP contribution < -0.4 is 5.32 Å². The summed E-state index contributed by atoms with van der Waals surface area (Å²) in [6, 6.07) is 16.8. The van der Waals surface area contributed by atoms with Gasteiger partial charge in [-0.05, 0) is 12.1 Å². The zero-order chi connectivity index (χ0) is 15.8. The molecule has 0 saturated heterocycles. The third-order valence-corrected chi connectivity index (χ3v) is 3.85. The summed E-state index contributed by atoms with van der Waals surface area (Å²) in [5, 5.41) is 3.23. The first kappa shape index (κ1) is 13.5. The van der Waals surface area contributed by atoms with Crippen molar-refractivity contribution in [3.8, 4) is 11.3 Å². The van der Waals surface area contributed by atoms with Crippen molar-refractivity contribution >= 4 is 17.3 Å². The molecular formula is C18H13N3O2. The lowest BCUT2D eigenvalue weighted by Gasteiger charge is -2.11. The molecule has 0 unspecified atom stereocenters. The number of nitrogens with one attached hydrogen (secondary N) is 2. The quantitative estimate of drug-likeness (QED) is 0.729. The van der Waals surface area contributed by atoms with Gasteiger partial charge >= 0.3 is 0 Å². The average Bonchev–Trinajstić information content (AvgIpc) is 3.03. The zero-order valence-corrected chi connectivity index (χ0v) is 12.2. The van der Waals surface area contributed by atoms with Crippen LogP contribution in [0, 0.1) is 0 Å². The number of benzene rings is 2. The molecule has 1 aromatic heterocycles. The van der Waals surface area contributed by atoms with Crippen LogP contribution in [0.1, 0.15) is 26.7 Å². The van der Waals surface area contributed by atoms with E-state index >= 15 is 0 Å². The Morgan fingerprint density at radius 3 is 2.35 bits per heavy atom. The molecule has 0 radical (unpaired) electrons. The van der Waals surface area contributed by atoms with Crippen molar-refractivity contribution in [1.29, 1.82) is 0 Å². The summed E-state index contributed by atoms with van der Waals surface area (Å²) < 4.78 is 0. The number of Topliss-reactive ketones (excluding diaryl/α,β-unsaturated/α-hetero) is 2. The predicted octanol–water partition coefficient (Wildman–Crippen LogP) is 3.07. The van der Waals surface area contributed by atoms with Gasteiger partial charge in [0.25, 0.3) is 5.78 Å². The molecule has 0 bridgehead atoms. The molecular weight excluding hydrogens is 290 g/mol. The molecule has 0 fully saturated rings. The van der Waals surface area contributed by atoms with Gasteiger partial charge in [0.15, 0.2) is 0 Å². The Hall–Kier alpha value is -3.21. The van der Waals surface area contributed by atoms with Gasteiger partial charge in [-0.25, -0.2) is 4.98 Å². The molecule has 5 nitrogen and oxygen atoms in total. The first-order chi connectivity index (χ1) is 11.2. The van der Waals surface area contributed by atoms with Crippen LogP contribution in [0.3, 0.4) is 0 Å². The SMILES string of the molecule is O=C1C(=O)c2[nH]c(CNc3ccccc3)nc2-c2ccccc21. The lowest BCUT2D eigenvalue weighted by atomic mass is 9.90. The second-order valence-electron chi connectivity index (χ2n) is 5.33. The van der Waals surface area contributed by atoms with Crippen molar-refractivity contribution < 1.29 is 9.59 Å². The predicted molar refractivity (Wildman–Crippen MR) is 86.5 cm³/mol. The van der Waals surface area contributed by atoms with E-state index in [9.17, 15) is 9.59 Å². The molecule has 1 aliphatic carbocycles. The number of nitrogens with zero attached hydrogens (tertiary/aromatic N) is 1. The number of anilines is 1. The average molecular weight is 303 g/mol. The van der Waals surface area contributed by atoms with Crippen LogP contribution in [0.5, 0.6) is 0 Å². The Labute approximate surface area is 132 Å². The minimum Gasteiger partial charge on any atom is -0.378 e. The summed E-state index contributed by atoms with van der Waals surface area (Å²) >= 11 is 0. The second-order valence-corrected chi connectivity index (χ2v) is 5.33. The molecule has 0 atom stereocenters. The number of aromatic amines is 1. The van der Waals surface area contributed by atoms with Crippen LogP contribution in [0.4, 0.5) is 5.69 Å². The van der Waals surface area contributed by atoms with Crippen molar-refractivity contribution in [2.75, 3.05) is 5.32 Å². The van der Waals surface area contributed by atoms with Crippen molar-refractivity contribution in [2.45, 2.75) is 6.54 Å². The van der Waals surface area contributed by atoms with Crippen LogP contribution >= 0.6 is 0 Å². The number of carbonyl (C=O) groups excluding carboxylic acids is 2. The maximum atomic E-state index is 12.2. The maximum Gasteiger partial charge on any atom is 0.251 e. The third-order valence-electron chi connectivity index (χ3n) is 3.85. The van der Waals surface area contributed by atoms with Crippen LogP contribution in [0.2, 0.25) is 0 Å². The molecule has 0 spiro atoms. The van der Waals surface area contributed by atoms with E-state index in [2.05, 4.69) is 15.3 Å². The Morgan fingerprint density at radius 1 is 0.870 bits per heavy atom. The van der Waals surface area contributed by atoms with Gasteiger partial charge in [-0.3, -0.25) is 9.59 Å². The van der Waals surface area contributed by atoms with Gasteiger partial charge in [0.2, 0.25) is 5.78 Å². The zero-order valence-electron chi connectivity index (χ0n) is 12.2. The van der Waals surface area contributed by atoms with Gasteiger partial charge in [-0.1, -0.05) is 42.5 Å². The van der Waals surface area contributed by atoms with Gasteiger partial charge in [-0.2, -0.15) is 0 Å². The minimum atomic E-state index is -0.530. The number of H-pyrrole nitrogens is 1. The summed E-state index contributed by atoms with van der Waals surface area (Å²) in [6.07, 6.45) is 0. The normalized spacial score (nSPS) is 12.7. The smallest absolute Gasteiger partial charge is 0.251 e. The summed E-state index contributed by atoms with van der Waals surface area (Å²) in [5.74, 6) is -0.395. The van der Waals surface area contributed by atoms with E-state index in [1.165, 1.54) is 0 Å². The van der Waals surface area contributed by atoms with Crippen LogP contribution in [-0.2, 0) is 6.54 Å². The summed E-state index contributed by atoms with van der Waals surface area (Å²) in [5.41, 5.74) is 2.91. The van der Waals surface area contributed by atoms with Gasteiger partial charge < -0.3 is 10.3 Å². The third kappa shape index (κ3) is 2.23. The summed E-state index contributed by atoms with van der Waals surface area (Å²) in [7, 11) is 0. The van der Waals surface area contributed by atoms with E-state index in [-0.39, 0.29) is 5.69 Å². The minimum absolute atomic E-state index is 0.276. The molecule has 0 amide bonds. The fourth-order valence-electron chi connectivity index (χ4n) is 2.73. The maximum absolute atomic E-state index is 12.2. The number of aromatic nitrogens is 2. The molecule has 0 aliphatic heterocycles. The van der Waals surface area contributed by atoms with Gasteiger partial charge in [0.1, 0.15) is 17.2 Å².